The molecule has 0 bridgehead atoms. The number of rotatable bonds is 6. The number of nitrogens with zero attached hydrogens (tertiary/aromatic N) is 1. The molecule has 1 aliphatic rings. The van der Waals surface area contributed by atoms with E-state index in [1.807, 2.05) is 23.1 Å². The van der Waals surface area contributed by atoms with Crippen molar-refractivity contribution in [1.82, 2.24) is 4.90 Å². The van der Waals surface area contributed by atoms with Crippen molar-refractivity contribution in [2.45, 2.75) is 22.5 Å². The lowest BCUT2D eigenvalue weighted by Crippen LogP contribution is -2.54. The van der Waals surface area contributed by atoms with Gasteiger partial charge in [0.05, 0.1) is 11.4 Å². The highest BCUT2D eigenvalue weighted by Gasteiger charge is 2.53. The lowest BCUT2D eigenvalue weighted by atomic mass is 9.96. The van der Waals surface area contributed by atoms with E-state index < -0.39 is 20.6 Å². The molecule has 7 heteroatoms. The van der Waals surface area contributed by atoms with Crippen LogP contribution >= 0.6 is 0 Å². The summed E-state index contributed by atoms with van der Waals surface area (Å²) in [5.74, 6) is 2.28. The van der Waals surface area contributed by atoms with Gasteiger partial charge in [0, 0.05) is 13.1 Å². The number of terminal acetylenes is 1. The van der Waals surface area contributed by atoms with E-state index in [0.717, 1.165) is 0 Å². The van der Waals surface area contributed by atoms with Crippen LogP contribution in [0.3, 0.4) is 0 Å². The molecule has 1 fully saturated rings. The summed E-state index contributed by atoms with van der Waals surface area (Å²) in [5.41, 5.74) is 0. The maximum absolute atomic E-state index is 13.2. The highest BCUT2D eigenvalue weighted by atomic mass is 32.2. The van der Waals surface area contributed by atoms with E-state index in [1.54, 1.807) is 12.1 Å². The van der Waals surface area contributed by atoms with Crippen molar-refractivity contribution in [3.8, 4) is 23.8 Å². The number of likely N-dealkylation sites (tertiary alicyclic amines) is 1. The summed E-state index contributed by atoms with van der Waals surface area (Å²) in [7, 11) is -4.08. The molecule has 28 heavy (non-hydrogen) atoms. The van der Waals surface area contributed by atoms with Gasteiger partial charge < -0.3 is 9.84 Å². The van der Waals surface area contributed by atoms with Crippen molar-refractivity contribution >= 4 is 15.8 Å². The molecule has 146 valence electrons. The zero-order chi connectivity index (χ0) is 20.2. The van der Waals surface area contributed by atoms with Crippen LogP contribution in [0.25, 0.3) is 0 Å². The number of hydrogen-bond donors (Lipinski definition) is 1. The van der Waals surface area contributed by atoms with Gasteiger partial charge in [0.2, 0.25) is 0 Å². The third-order valence-corrected chi connectivity index (χ3v) is 7.50. The van der Waals surface area contributed by atoms with E-state index in [9.17, 15) is 18.3 Å². The number of carboxylic acid groups (broad SMARTS) is 1. The molecule has 2 aromatic rings. The first-order chi connectivity index (χ1) is 13.4. The minimum Gasteiger partial charge on any atom is -0.480 e. The second kappa shape index (κ2) is 8.05. The van der Waals surface area contributed by atoms with Crippen LogP contribution in [0, 0.1) is 12.3 Å². The van der Waals surface area contributed by atoms with Gasteiger partial charge in [-0.15, -0.1) is 6.42 Å². The van der Waals surface area contributed by atoms with E-state index in [2.05, 4.69) is 5.92 Å². The highest BCUT2D eigenvalue weighted by Crippen LogP contribution is 2.36. The smallest absolute Gasteiger partial charge is 0.325 e. The first-order valence-electron chi connectivity index (χ1n) is 8.86. The molecule has 0 unspecified atom stereocenters. The van der Waals surface area contributed by atoms with Gasteiger partial charge in [-0.2, -0.15) is 0 Å². The van der Waals surface area contributed by atoms with Crippen LogP contribution in [0.4, 0.5) is 0 Å². The Kier molecular flexibility index (Phi) is 5.73. The molecule has 1 aliphatic heterocycles. The van der Waals surface area contributed by atoms with E-state index in [4.69, 9.17) is 11.2 Å². The van der Waals surface area contributed by atoms with Gasteiger partial charge in [-0.05, 0) is 49.2 Å². The number of para-hydroxylation sites is 1. The van der Waals surface area contributed by atoms with Crippen LogP contribution in [0.15, 0.2) is 59.5 Å². The number of aliphatic carboxylic acids is 1. The lowest BCUT2D eigenvalue weighted by molar-refractivity contribution is -0.141. The van der Waals surface area contributed by atoms with Crippen LogP contribution < -0.4 is 4.74 Å². The summed E-state index contributed by atoms with van der Waals surface area (Å²) < 4.78 is 30.2. The fourth-order valence-corrected chi connectivity index (χ4v) is 5.23. The molecule has 0 aromatic heterocycles. The molecule has 0 spiro atoms. The molecule has 3 rings (SSSR count). The van der Waals surface area contributed by atoms with Crippen molar-refractivity contribution in [2.75, 3.05) is 19.6 Å². The van der Waals surface area contributed by atoms with Crippen LogP contribution in [-0.4, -0.2) is 48.8 Å². The molecule has 1 saturated heterocycles. The predicted octanol–water partition coefficient (Wildman–Crippen LogP) is 2.81. The largest absolute Gasteiger partial charge is 0.480 e. The Bertz CT molecular complexity index is 970. The molecule has 0 radical (unpaired) electrons. The molecule has 1 heterocycles. The number of hydrogen-bond acceptors (Lipinski definition) is 5. The Hall–Kier alpha value is -2.82. The Labute approximate surface area is 164 Å². The number of carboxylic acids is 1. The zero-order valence-corrected chi connectivity index (χ0v) is 16.1. The van der Waals surface area contributed by atoms with Crippen molar-refractivity contribution < 1.29 is 23.1 Å². The van der Waals surface area contributed by atoms with Crippen LogP contribution in [0.2, 0.25) is 0 Å². The number of benzene rings is 2. The molecule has 0 amide bonds. The normalized spacial score (nSPS) is 16.8. The third-order valence-electron chi connectivity index (χ3n) is 5.00. The van der Waals surface area contributed by atoms with Crippen LogP contribution in [0.5, 0.6) is 11.5 Å². The fraction of sp³-hybridized carbons (Fsp3) is 0.286. The summed E-state index contributed by atoms with van der Waals surface area (Å²) in [6.45, 7) is 1.02. The molecular formula is C21H21NO5S. The monoisotopic (exact) mass is 399 g/mol. The van der Waals surface area contributed by atoms with Gasteiger partial charge >= 0.3 is 5.97 Å². The summed E-state index contributed by atoms with van der Waals surface area (Å²) in [6.07, 6.45) is 5.28. The van der Waals surface area contributed by atoms with Crippen molar-refractivity contribution in [3.63, 3.8) is 0 Å². The lowest BCUT2D eigenvalue weighted by Gasteiger charge is -2.37. The first kappa shape index (κ1) is 19.9. The van der Waals surface area contributed by atoms with E-state index >= 15 is 0 Å². The number of sulfone groups is 1. The molecule has 0 saturated carbocycles. The first-order valence-corrected chi connectivity index (χ1v) is 10.3. The van der Waals surface area contributed by atoms with Gasteiger partial charge in [0.15, 0.2) is 14.6 Å². The van der Waals surface area contributed by atoms with Gasteiger partial charge in [0.25, 0.3) is 0 Å². The summed E-state index contributed by atoms with van der Waals surface area (Å²) in [4.78, 5) is 13.9. The maximum atomic E-state index is 13.2. The van der Waals surface area contributed by atoms with E-state index in [1.165, 1.54) is 24.3 Å². The summed E-state index contributed by atoms with van der Waals surface area (Å²) >= 11 is 0. The summed E-state index contributed by atoms with van der Waals surface area (Å²) in [6, 6.07) is 14.9. The number of carbonyl (C=O) groups is 1. The second-order valence-electron chi connectivity index (χ2n) is 6.67. The van der Waals surface area contributed by atoms with Gasteiger partial charge in [0.1, 0.15) is 11.5 Å². The van der Waals surface area contributed by atoms with E-state index in [-0.39, 0.29) is 17.7 Å². The minimum absolute atomic E-state index is 0.00534. The second-order valence-corrected chi connectivity index (χ2v) is 8.93. The third kappa shape index (κ3) is 3.75. The average molecular weight is 399 g/mol. The Morgan fingerprint density at radius 2 is 1.64 bits per heavy atom. The topological polar surface area (TPSA) is 83.9 Å². The maximum Gasteiger partial charge on any atom is 0.325 e. The molecule has 0 aliphatic carbocycles. The molecule has 6 nitrogen and oxygen atoms in total. The molecule has 1 N–H and O–H groups in total. The van der Waals surface area contributed by atoms with Crippen molar-refractivity contribution in [2.24, 2.45) is 0 Å². The van der Waals surface area contributed by atoms with E-state index in [0.29, 0.717) is 31.1 Å². The molecule has 2 aromatic carbocycles. The Morgan fingerprint density at radius 1 is 1.07 bits per heavy atom. The molecule has 0 atom stereocenters. The predicted molar refractivity (Wildman–Crippen MR) is 105 cm³/mol. The van der Waals surface area contributed by atoms with Crippen molar-refractivity contribution in [3.05, 3.63) is 54.6 Å². The van der Waals surface area contributed by atoms with Crippen LogP contribution in [0.1, 0.15) is 12.8 Å². The van der Waals surface area contributed by atoms with Crippen LogP contribution in [-0.2, 0) is 14.6 Å². The average Bonchev–Trinajstić information content (AvgIpc) is 2.70. The Morgan fingerprint density at radius 3 is 2.18 bits per heavy atom. The van der Waals surface area contributed by atoms with Gasteiger partial charge in [-0.1, -0.05) is 24.1 Å². The van der Waals surface area contributed by atoms with Gasteiger partial charge in [-0.3, -0.25) is 9.69 Å². The fourth-order valence-electron chi connectivity index (χ4n) is 3.34. The summed E-state index contributed by atoms with van der Waals surface area (Å²) in [5, 5.41) is 9.79. The number of ether oxygens (including phenoxy) is 1. The van der Waals surface area contributed by atoms with Gasteiger partial charge in [-0.25, -0.2) is 8.42 Å². The molecular weight excluding hydrogens is 378 g/mol. The Balaban J connectivity index is 1.84. The minimum atomic E-state index is -4.08. The quantitative estimate of drug-likeness (QED) is 0.752. The SMILES string of the molecule is C#CCN1CCC(C(=O)O)(S(=O)(=O)c2ccc(Oc3ccccc3)cc2)CC1. The number of piperidine rings is 1. The highest BCUT2D eigenvalue weighted by molar-refractivity contribution is 7.93. The zero-order valence-electron chi connectivity index (χ0n) is 15.2. The van der Waals surface area contributed by atoms with Crippen molar-refractivity contribution in [1.29, 1.82) is 0 Å². The standard InChI is InChI=1S/C21H21NO5S/c1-2-14-22-15-12-21(13-16-22,20(23)24)28(25,26)19-10-8-18(9-11-19)27-17-6-4-3-5-7-17/h1,3-11H,12-16H2,(H,23,24).